The molecule has 2 aromatic carbocycles. The lowest BCUT2D eigenvalue weighted by Gasteiger charge is -2.40. The second-order valence-corrected chi connectivity index (χ2v) is 8.46. The van der Waals surface area contributed by atoms with Crippen LogP contribution in [0.15, 0.2) is 60.9 Å². The number of nitrogen functional groups attached to an aromatic ring is 1. The Morgan fingerprint density at radius 2 is 1.94 bits per heavy atom. The summed E-state index contributed by atoms with van der Waals surface area (Å²) in [5, 5.41) is 10.3. The van der Waals surface area contributed by atoms with Crippen molar-refractivity contribution in [2.24, 2.45) is 0 Å². The highest BCUT2D eigenvalue weighted by Gasteiger charge is 2.41. The summed E-state index contributed by atoms with van der Waals surface area (Å²) < 4.78 is 13.9. The van der Waals surface area contributed by atoms with Crippen LogP contribution in [0.1, 0.15) is 38.4 Å². The zero-order valence-electron chi connectivity index (χ0n) is 18.2. The number of para-hydroxylation sites is 1. The summed E-state index contributed by atoms with van der Waals surface area (Å²) in [7, 11) is 0. The molecule has 0 saturated heterocycles. The first kappa shape index (κ1) is 20.3. The molecule has 3 N–H and O–H groups in total. The average Bonchev–Trinajstić information content (AvgIpc) is 3.14. The first-order valence-corrected chi connectivity index (χ1v) is 10.8. The van der Waals surface area contributed by atoms with Crippen molar-refractivity contribution >= 4 is 11.3 Å². The third-order valence-corrected chi connectivity index (χ3v) is 5.83. The number of aromatic nitrogens is 3. The number of nitrogens with zero attached hydrogens (tertiary/aromatic N) is 3. The number of ether oxygens (including phenoxy) is 2. The Hall–Kier alpha value is -3.58. The van der Waals surface area contributed by atoms with Gasteiger partial charge in [0.2, 0.25) is 0 Å². The van der Waals surface area contributed by atoms with E-state index < -0.39 is 5.60 Å². The maximum absolute atomic E-state index is 10.3. The third-order valence-electron chi connectivity index (χ3n) is 5.83. The molecule has 1 aliphatic carbocycles. The summed E-state index contributed by atoms with van der Waals surface area (Å²) in [5.74, 6) is 3.53. The number of benzene rings is 2. The van der Waals surface area contributed by atoms with E-state index >= 15 is 0 Å². The van der Waals surface area contributed by atoms with Gasteiger partial charge in [0, 0.05) is 29.9 Å². The molecule has 5 rings (SSSR count). The maximum atomic E-state index is 10.3. The molecule has 7 heteroatoms. The van der Waals surface area contributed by atoms with E-state index in [1.54, 1.807) is 6.20 Å². The lowest BCUT2D eigenvalue weighted by molar-refractivity contribution is -0.0335. The van der Waals surface area contributed by atoms with Gasteiger partial charge in [0.05, 0.1) is 12.2 Å². The van der Waals surface area contributed by atoms with Gasteiger partial charge in [-0.25, -0.2) is 9.97 Å². The first-order valence-electron chi connectivity index (χ1n) is 10.8. The first-order chi connectivity index (χ1) is 15.4. The number of hydrogen-bond acceptors (Lipinski definition) is 6. The van der Waals surface area contributed by atoms with Crippen molar-refractivity contribution in [2.75, 3.05) is 12.3 Å². The van der Waals surface area contributed by atoms with Crippen LogP contribution in [0.2, 0.25) is 0 Å². The fourth-order valence-corrected chi connectivity index (χ4v) is 4.41. The van der Waals surface area contributed by atoms with Gasteiger partial charge in [-0.05, 0) is 51.0 Å². The van der Waals surface area contributed by atoms with E-state index in [2.05, 4.69) is 4.98 Å². The van der Waals surface area contributed by atoms with Crippen LogP contribution in [0, 0.1) is 0 Å². The van der Waals surface area contributed by atoms with Gasteiger partial charge in [0.1, 0.15) is 40.1 Å². The standard InChI is InChI=1S/C25H26N4O3/c1-3-31-20-13-18(32-17-7-5-4-6-8-17)9-10-19(20)21-22-23(26)27-11-12-29(22)24(28-21)16-14-25(2,30)15-16/h4-13,16,30H,3,14-15H2,1-2H3,(H2,26,27)/t16-,25+. The second-order valence-electron chi connectivity index (χ2n) is 8.46. The van der Waals surface area contributed by atoms with Crippen molar-refractivity contribution in [3.05, 3.63) is 66.7 Å². The van der Waals surface area contributed by atoms with E-state index in [4.69, 9.17) is 20.2 Å². The van der Waals surface area contributed by atoms with Crippen LogP contribution in [-0.4, -0.2) is 31.7 Å². The lowest BCUT2D eigenvalue weighted by Crippen LogP contribution is -2.40. The summed E-state index contributed by atoms with van der Waals surface area (Å²) in [5.41, 5.74) is 7.92. The summed E-state index contributed by atoms with van der Waals surface area (Å²) in [6.45, 7) is 4.30. The molecule has 0 amide bonds. The Bertz CT molecular complexity index is 1260. The molecular formula is C25H26N4O3. The van der Waals surface area contributed by atoms with Crippen LogP contribution in [-0.2, 0) is 0 Å². The Labute approximate surface area is 186 Å². The predicted molar refractivity (Wildman–Crippen MR) is 123 cm³/mol. The Kier molecular flexibility index (Phi) is 4.98. The summed E-state index contributed by atoms with van der Waals surface area (Å²) in [4.78, 5) is 9.27. The molecule has 0 atom stereocenters. The quantitative estimate of drug-likeness (QED) is 0.456. The van der Waals surface area contributed by atoms with Gasteiger partial charge < -0.3 is 20.3 Å². The van der Waals surface area contributed by atoms with Crippen molar-refractivity contribution in [1.29, 1.82) is 0 Å². The number of fused-ring (bicyclic) bond motifs is 1. The van der Waals surface area contributed by atoms with Gasteiger partial charge in [-0.2, -0.15) is 0 Å². The summed E-state index contributed by atoms with van der Waals surface area (Å²) in [6, 6.07) is 15.3. The van der Waals surface area contributed by atoms with E-state index in [9.17, 15) is 5.11 Å². The molecule has 1 fully saturated rings. The molecule has 0 radical (unpaired) electrons. The SMILES string of the molecule is CCOc1cc(Oc2ccccc2)ccc1-c1nc([C@H]2C[C@@](C)(O)C2)n2ccnc(N)c12. The third kappa shape index (κ3) is 3.65. The van der Waals surface area contributed by atoms with Crippen molar-refractivity contribution in [3.63, 3.8) is 0 Å². The lowest BCUT2D eigenvalue weighted by atomic mass is 9.72. The number of aliphatic hydroxyl groups is 1. The van der Waals surface area contributed by atoms with E-state index in [0.717, 1.165) is 22.7 Å². The molecule has 0 bridgehead atoms. The van der Waals surface area contributed by atoms with Crippen LogP contribution in [0.3, 0.4) is 0 Å². The van der Waals surface area contributed by atoms with Gasteiger partial charge in [-0.3, -0.25) is 4.40 Å². The molecule has 164 valence electrons. The molecule has 0 unspecified atom stereocenters. The Balaban J connectivity index is 1.60. The van der Waals surface area contributed by atoms with E-state index in [-0.39, 0.29) is 5.92 Å². The van der Waals surface area contributed by atoms with Gasteiger partial charge in [-0.15, -0.1) is 0 Å². The molecule has 2 aromatic heterocycles. The minimum Gasteiger partial charge on any atom is -0.493 e. The zero-order chi connectivity index (χ0) is 22.3. The average molecular weight is 431 g/mol. The zero-order valence-corrected chi connectivity index (χ0v) is 18.2. The van der Waals surface area contributed by atoms with E-state index in [0.29, 0.717) is 42.5 Å². The van der Waals surface area contributed by atoms with Crippen LogP contribution < -0.4 is 15.2 Å². The largest absolute Gasteiger partial charge is 0.493 e. The highest BCUT2D eigenvalue weighted by Crippen LogP contribution is 2.46. The number of hydrogen-bond donors (Lipinski definition) is 2. The van der Waals surface area contributed by atoms with Crippen LogP contribution >= 0.6 is 0 Å². The van der Waals surface area contributed by atoms with Gasteiger partial charge in [-0.1, -0.05) is 18.2 Å². The smallest absolute Gasteiger partial charge is 0.150 e. The molecule has 32 heavy (non-hydrogen) atoms. The molecule has 2 heterocycles. The number of nitrogens with two attached hydrogens (primary N) is 1. The Morgan fingerprint density at radius 1 is 1.16 bits per heavy atom. The van der Waals surface area contributed by atoms with Gasteiger partial charge >= 0.3 is 0 Å². The Morgan fingerprint density at radius 3 is 2.66 bits per heavy atom. The normalized spacial score (nSPS) is 20.2. The van der Waals surface area contributed by atoms with Crippen molar-refractivity contribution < 1.29 is 14.6 Å². The monoisotopic (exact) mass is 430 g/mol. The number of anilines is 1. The van der Waals surface area contributed by atoms with Crippen LogP contribution in [0.4, 0.5) is 5.82 Å². The molecule has 0 spiro atoms. The number of imidazole rings is 1. The molecule has 1 aliphatic rings. The second kappa shape index (κ2) is 7.84. The maximum Gasteiger partial charge on any atom is 0.150 e. The fourth-order valence-electron chi connectivity index (χ4n) is 4.41. The minimum absolute atomic E-state index is 0.157. The van der Waals surface area contributed by atoms with Crippen molar-refractivity contribution in [2.45, 2.75) is 38.2 Å². The fraction of sp³-hybridized carbons (Fsp3) is 0.280. The number of rotatable bonds is 6. The summed E-state index contributed by atoms with van der Waals surface area (Å²) in [6.07, 6.45) is 4.87. The minimum atomic E-state index is -0.651. The van der Waals surface area contributed by atoms with Crippen molar-refractivity contribution in [1.82, 2.24) is 14.4 Å². The molecule has 7 nitrogen and oxygen atoms in total. The molecular weight excluding hydrogens is 404 g/mol. The molecule has 0 aliphatic heterocycles. The topological polar surface area (TPSA) is 94.9 Å². The molecule has 1 saturated carbocycles. The van der Waals surface area contributed by atoms with E-state index in [1.807, 2.05) is 73.0 Å². The summed E-state index contributed by atoms with van der Waals surface area (Å²) >= 11 is 0. The highest BCUT2D eigenvalue weighted by molar-refractivity contribution is 5.88. The van der Waals surface area contributed by atoms with Gasteiger partial charge in [0.25, 0.3) is 0 Å². The van der Waals surface area contributed by atoms with E-state index in [1.165, 1.54) is 0 Å². The van der Waals surface area contributed by atoms with Crippen LogP contribution in [0.25, 0.3) is 16.8 Å². The van der Waals surface area contributed by atoms with Crippen molar-refractivity contribution in [3.8, 4) is 28.5 Å². The highest BCUT2D eigenvalue weighted by atomic mass is 16.5. The van der Waals surface area contributed by atoms with Gasteiger partial charge in [0.15, 0.2) is 0 Å². The predicted octanol–water partition coefficient (Wildman–Crippen LogP) is 4.80. The van der Waals surface area contributed by atoms with Crippen LogP contribution in [0.5, 0.6) is 17.2 Å². The molecule has 4 aromatic rings.